The van der Waals surface area contributed by atoms with Crippen molar-refractivity contribution in [2.45, 2.75) is 25.8 Å². The number of carbonyl (C=O) groups is 2. The normalized spacial score (nSPS) is 13.1. The summed E-state index contributed by atoms with van der Waals surface area (Å²) < 4.78 is 21.8. The first kappa shape index (κ1) is 22.8. The molecule has 0 spiro atoms. The molecule has 8 nitrogen and oxygen atoms in total. The molecule has 178 valence electrons. The Morgan fingerprint density at radius 2 is 2.03 bits per heavy atom. The molecule has 1 aliphatic rings. The van der Waals surface area contributed by atoms with Gasteiger partial charge < -0.3 is 15.0 Å². The predicted octanol–water partition coefficient (Wildman–Crippen LogP) is 4.71. The number of nitrogens with one attached hydrogen (secondary N) is 1. The summed E-state index contributed by atoms with van der Waals surface area (Å²) in [6.07, 6.45) is 3.70. The molecule has 0 saturated heterocycles. The molecule has 0 atom stereocenters. The number of amides is 2. The van der Waals surface area contributed by atoms with Gasteiger partial charge in [-0.3, -0.25) is 14.9 Å². The fourth-order valence-corrected chi connectivity index (χ4v) is 4.05. The summed E-state index contributed by atoms with van der Waals surface area (Å²) in [5.74, 6) is -0.294. The molecule has 2 heterocycles. The first-order valence-electron chi connectivity index (χ1n) is 11.0. The number of hydrogen-bond donors (Lipinski definition) is 2. The number of nitrogens with zero attached hydrogens (tertiary/aromatic N) is 3. The minimum Gasteiger partial charge on any atom is -0.437 e. The predicted molar refractivity (Wildman–Crippen MR) is 129 cm³/mol. The van der Waals surface area contributed by atoms with E-state index >= 15 is 0 Å². The molecule has 2 amide bonds. The molecule has 4 aromatic rings. The minimum absolute atomic E-state index is 0.0191. The molecular formula is C25H21ClFN5O3. The minimum atomic E-state index is -0.676. The van der Waals surface area contributed by atoms with E-state index in [1.54, 1.807) is 36.4 Å². The van der Waals surface area contributed by atoms with E-state index in [4.69, 9.17) is 22.1 Å². The van der Waals surface area contributed by atoms with Crippen LogP contribution in [0.25, 0.3) is 11.0 Å². The lowest BCUT2D eigenvalue weighted by Crippen LogP contribution is -2.18. The molecule has 0 radical (unpaired) electrons. The maximum Gasteiger partial charge on any atom is 0.254 e. The lowest BCUT2D eigenvalue weighted by Gasteiger charge is -2.11. The van der Waals surface area contributed by atoms with Crippen molar-refractivity contribution >= 4 is 40.4 Å². The van der Waals surface area contributed by atoms with Gasteiger partial charge in [-0.25, -0.2) is 14.4 Å². The van der Waals surface area contributed by atoms with Crippen LogP contribution in [0.3, 0.4) is 0 Å². The van der Waals surface area contributed by atoms with Gasteiger partial charge in [0.15, 0.2) is 5.82 Å². The zero-order chi connectivity index (χ0) is 24.5. The Hall–Kier alpha value is -3.98. The Bertz CT molecular complexity index is 1450. The summed E-state index contributed by atoms with van der Waals surface area (Å²) >= 11 is 6.36. The van der Waals surface area contributed by atoms with E-state index in [0.29, 0.717) is 29.5 Å². The summed E-state index contributed by atoms with van der Waals surface area (Å²) in [4.78, 5) is 32.8. The van der Waals surface area contributed by atoms with Gasteiger partial charge in [-0.1, -0.05) is 23.7 Å². The van der Waals surface area contributed by atoms with Crippen molar-refractivity contribution in [3.63, 3.8) is 0 Å². The van der Waals surface area contributed by atoms with Gasteiger partial charge in [0.2, 0.25) is 17.7 Å². The van der Waals surface area contributed by atoms with E-state index in [1.165, 1.54) is 18.3 Å². The molecule has 0 unspecified atom stereocenters. The topological polar surface area (TPSA) is 112 Å². The second kappa shape index (κ2) is 9.34. The number of nitrogens with two attached hydrogens (primary N) is 1. The van der Waals surface area contributed by atoms with Gasteiger partial charge in [-0.05, 0) is 60.7 Å². The highest BCUT2D eigenvalue weighted by atomic mass is 35.5. The lowest BCUT2D eigenvalue weighted by molar-refractivity contribution is -0.115. The number of benzene rings is 2. The maximum absolute atomic E-state index is 14.3. The Morgan fingerprint density at radius 3 is 2.77 bits per heavy atom. The molecular weight excluding hydrogens is 473 g/mol. The number of carbonyl (C=O) groups excluding carboxylic acids is 2. The zero-order valence-corrected chi connectivity index (χ0v) is 19.3. The van der Waals surface area contributed by atoms with E-state index in [0.717, 1.165) is 12.8 Å². The second-order valence-corrected chi connectivity index (χ2v) is 8.82. The van der Waals surface area contributed by atoms with Crippen LogP contribution in [-0.2, 0) is 17.8 Å². The Balaban J connectivity index is 1.32. The second-order valence-electron chi connectivity index (χ2n) is 8.41. The third kappa shape index (κ3) is 4.95. The summed E-state index contributed by atoms with van der Waals surface area (Å²) in [5, 5.41) is 3.05. The van der Waals surface area contributed by atoms with Crippen molar-refractivity contribution < 1.29 is 18.7 Å². The largest absolute Gasteiger partial charge is 0.437 e. The number of pyridine rings is 1. The van der Waals surface area contributed by atoms with Crippen molar-refractivity contribution in [3.8, 4) is 11.6 Å². The first-order valence-corrected chi connectivity index (χ1v) is 11.4. The highest BCUT2D eigenvalue weighted by Crippen LogP contribution is 2.34. The Morgan fingerprint density at radius 1 is 1.20 bits per heavy atom. The zero-order valence-electron chi connectivity index (χ0n) is 18.5. The van der Waals surface area contributed by atoms with Crippen LogP contribution in [0.4, 0.5) is 10.3 Å². The Kier molecular flexibility index (Phi) is 6.08. The number of fused-ring (bicyclic) bond motifs is 1. The molecule has 0 bridgehead atoms. The molecule has 10 heteroatoms. The van der Waals surface area contributed by atoms with Crippen LogP contribution in [0.15, 0.2) is 54.7 Å². The average molecular weight is 494 g/mol. The van der Waals surface area contributed by atoms with Gasteiger partial charge in [0, 0.05) is 12.7 Å². The van der Waals surface area contributed by atoms with Crippen LogP contribution in [0, 0.1) is 11.7 Å². The molecule has 35 heavy (non-hydrogen) atoms. The van der Waals surface area contributed by atoms with Crippen molar-refractivity contribution in [2.75, 3.05) is 5.32 Å². The maximum atomic E-state index is 14.3. The van der Waals surface area contributed by atoms with Crippen LogP contribution >= 0.6 is 11.6 Å². The quantitative estimate of drug-likeness (QED) is 0.369. The Labute approximate surface area is 204 Å². The third-order valence-electron chi connectivity index (χ3n) is 5.72. The van der Waals surface area contributed by atoms with Crippen molar-refractivity contribution in [3.05, 3.63) is 76.7 Å². The molecule has 1 saturated carbocycles. The molecule has 0 aliphatic heterocycles. The summed E-state index contributed by atoms with van der Waals surface area (Å²) in [6, 6.07) is 12.7. The van der Waals surface area contributed by atoms with Gasteiger partial charge in [0.25, 0.3) is 5.91 Å². The van der Waals surface area contributed by atoms with E-state index < -0.39 is 11.7 Å². The number of ether oxygens (including phenoxy) is 1. The number of aromatic nitrogens is 3. The molecule has 1 fully saturated rings. The van der Waals surface area contributed by atoms with Crippen LogP contribution < -0.4 is 15.8 Å². The number of anilines is 1. The molecule has 2 aromatic carbocycles. The fourth-order valence-electron chi connectivity index (χ4n) is 3.81. The summed E-state index contributed by atoms with van der Waals surface area (Å²) in [7, 11) is 0. The number of imidazole rings is 1. The van der Waals surface area contributed by atoms with E-state index in [2.05, 4.69) is 15.3 Å². The molecule has 2 aromatic heterocycles. The number of hydrogen-bond acceptors (Lipinski definition) is 5. The monoisotopic (exact) mass is 493 g/mol. The van der Waals surface area contributed by atoms with Crippen LogP contribution in [0.2, 0.25) is 5.02 Å². The highest BCUT2D eigenvalue weighted by molar-refractivity contribution is 6.32. The van der Waals surface area contributed by atoms with Crippen molar-refractivity contribution in [1.82, 2.24) is 14.5 Å². The SMILES string of the molecule is NC(=O)c1cccnc1Oc1ccc(CC(=O)Nc2nc3c(F)cccc3n2CC2CC2)cc1Cl. The average Bonchev–Trinajstić information content (AvgIpc) is 3.58. The lowest BCUT2D eigenvalue weighted by atomic mass is 10.1. The highest BCUT2D eigenvalue weighted by Gasteiger charge is 2.25. The van der Waals surface area contributed by atoms with Gasteiger partial charge in [-0.2, -0.15) is 0 Å². The van der Waals surface area contributed by atoms with E-state index in [1.807, 2.05) is 4.57 Å². The van der Waals surface area contributed by atoms with E-state index in [9.17, 15) is 14.0 Å². The first-order chi connectivity index (χ1) is 16.9. The van der Waals surface area contributed by atoms with Gasteiger partial charge in [0.1, 0.15) is 16.8 Å². The van der Waals surface area contributed by atoms with Gasteiger partial charge in [-0.15, -0.1) is 0 Å². The van der Waals surface area contributed by atoms with Crippen LogP contribution in [0.1, 0.15) is 28.8 Å². The smallest absolute Gasteiger partial charge is 0.254 e. The standard InChI is InChI=1S/C25H21ClFN5O3/c26-17-11-15(8-9-20(17)35-24-16(23(28)34)3-2-10-29-24)12-21(33)30-25-31-22-18(27)4-1-5-19(22)32(25)13-14-6-7-14/h1-5,8-11,14H,6-7,12-13H2,(H2,28,34)(H,30,31,33). The molecule has 1 aliphatic carbocycles. The van der Waals surface area contributed by atoms with E-state index in [-0.39, 0.29) is 40.1 Å². The third-order valence-corrected chi connectivity index (χ3v) is 6.02. The number of rotatable bonds is 8. The summed E-state index contributed by atoms with van der Waals surface area (Å²) in [6.45, 7) is 0.675. The number of para-hydroxylation sites is 1. The number of halogens is 2. The van der Waals surface area contributed by atoms with Crippen molar-refractivity contribution in [2.24, 2.45) is 11.7 Å². The fraction of sp³-hybridized carbons (Fsp3) is 0.200. The van der Waals surface area contributed by atoms with Crippen LogP contribution in [0.5, 0.6) is 11.6 Å². The van der Waals surface area contributed by atoms with Crippen molar-refractivity contribution in [1.29, 1.82) is 0 Å². The summed E-state index contributed by atoms with van der Waals surface area (Å²) in [5.41, 5.74) is 7.00. The molecule has 5 rings (SSSR count). The molecule has 3 N–H and O–H groups in total. The number of primary amides is 1. The van der Waals surface area contributed by atoms with Crippen LogP contribution in [-0.4, -0.2) is 26.3 Å². The van der Waals surface area contributed by atoms with Gasteiger partial charge in [0.05, 0.1) is 17.0 Å². The van der Waals surface area contributed by atoms with Gasteiger partial charge >= 0.3 is 0 Å².